The van der Waals surface area contributed by atoms with E-state index in [9.17, 15) is 9.59 Å². The van der Waals surface area contributed by atoms with E-state index < -0.39 is 0 Å². The van der Waals surface area contributed by atoms with Crippen molar-refractivity contribution in [1.82, 2.24) is 30.0 Å². The summed E-state index contributed by atoms with van der Waals surface area (Å²) in [5, 5.41) is 11.2. The van der Waals surface area contributed by atoms with Crippen LogP contribution in [0.25, 0.3) is 5.69 Å². The van der Waals surface area contributed by atoms with Gasteiger partial charge < -0.3 is 9.80 Å². The van der Waals surface area contributed by atoms with Crippen LogP contribution >= 0.6 is 0 Å². The molecule has 1 aliphatic carbocycles. The highest BCUT2D eigenvalue weighted by molar-refractivity contribution is 5.95. The second kappa shape index (κ2) is 6.93. The molecule has 2 aromatic rings. The molecule has 3 heterocycles. The molecular weight excluding hydrogens is 368 g/mol. The summed E-state index contributed by atoms with van der Waals surface area (Å²) in [6.45, 7) is 5.27. The number of tetrazole rings is 1. The molecule has 2 amide bonds. The van der Waals surface area contributed by atoms with Crippen LogP contribution in [0.4, 0.5) is 0 Å². The lowest BCUT2D eigenvalue weighted by molar-refractivity contribution is -0.132. The Morgan fingerprint density at radius 2 is 1.83 bits per heavy atom. The number of aromatic nitrogens is 4. The Morgan fingerprint density at radius 3 is 2.48 bits per heavy atom. The van der Waals surface area contributed by atoms with Gasteiger partial charge in [0.05, 0.1) is 5.69 Å². The van der Waals surface area contributed by atoms with Crippen molar-refractivity contribution >= 4 is 11.8 Å². The number of likely N-dealkylation sites (tertiary alicyclic amines) is 2. The fourth-order valence-corrected chi connectivity index (χ4v) is 5.06. The molecule has 152 valence electrons. The van der Waals surface area contributed by atoms with Gasteiger partial charge in [-0.1, -0.05) is 0 Å². The molecule has 0 radical (unpaired) electrons. The topological polar surface area (TPSA) is 84.2 Å². The lowest BCUT2D eigenvalue weighted by Crippen LogP contribution is -2.41. The number of carbonyl (C=O) groups is 2. The van der Waals surface area contributed by atoms with Gasteiger partial charge >= 0.3 is 0 Å². The van der Waals surface area contributed by atoms with Gasteiger partial charge in [0.1, 0.15) is 6.33 Å². The zero-order valence-corrected chi connectivity index (χ0v) is 16.8. The third-order valence-electron chi connectivity index (χ3n) is 6.99. The SMILES string of the molecule is Cc1cc(C(=O)N2CCC3(CC2)CC3C(=O)N2CCCC2)ccc1-n1cnnn1. The average Bonchev–Trinajstić information content (AvgIpc) is 3.18. The molecule has 1 aromatic heterocycles. The third-order valence-corrected chi connectivity index (χ3v) is 6.99. The highest BCUT2D eigenvalue weighted by Crippen LogP contribution is 2.60. The zero-order chi connectivity index (χ0) is 20.0. The zero-order valence-electron chi connectivity index (χ0n) is 16.8. The van der Waals surface area contributed by atoms with Crippen molar-refractivity contribution < 1.29 is 9.59 Å². The standard InChI is InChI=1S/C21H26N6O2/c1-15-12-16(4-5-18(15)27-14-22-23-24-27)19(28)26-10-6-21(7-11-26)13-17(21)20(29)25-8-2-3-9-25/h4-5,12,14,17H,2-3,6-11,13H2,1H3. The third kappa shape index (κ3) is 3.20. The van der Waals surface area contributed by atoms with E-state index in [1.807, 2.05) is 34.9 Å². The Kier molecular flexibility index (Phi) is 4.37. The van der Waals surface area contributed by atoms with E-state index >= 15 is 0 Å². The van der Waals surface area contributed by atoms with E-state index in [1.54, 1.807) is 11.0 Å². The van der Waals surface area contributed by atoms with Gasteiger partial charge in [-0.2, -0.15) is 0 Å². The summed E-state index contributed by atoms with van der Waals surface area (Å²) in [7, 11) is 0. The Bertz CT molecular complexity index is 927. The van der Waals surface area contributed by atoms with E-state index in [2.05, 4.69) is 15.5 Å². The van der Waals surface area contributed by atoms with Crippen LogP contribution in [0.5, 0.6) is 0 Å². The van der Waals surface area contributed by atoms with Crippen LogP contribution in [0, 0.1) is 18.3 Å². The predicted octanol–water partition coefficient (Wildman–Crippen LogP) is 1.84. The summed E-state index contributed by atoms with van der Waals surface area (Å²) in [6, 6.07) is 5.63. The van der Waals surface area contributed by atoms with Gasteiger partial charge in [-0.15, -0.1) is 5.10 Å². The Labute approximate surface area is 169 Å². The first-order valence-electron chi connectivity index (χ1n) is 10.5. The first-order chi connectivity index (χ1) is 14.1. The van der Waals surface area contributed by atoms with Crippen LogP contribution in [0.1, 0.15) is 48.0 Å². The van der Waals surface area contributed by atoms with Gasteiger partial charge in [0.25, 0.3) is 5.91 Å². The predicted molar refractivity (Wildman–Crippen MR) is 105 cm³/mol. The van der Waals surface area contributed by atoms with Crippen LogP contribution in [-0.2, 0) is 4.79 Å². The molecule has 1 unspecified atom stereocenters. The van der Waals surface area contributed by atoms with Gasteiger partial charge in [-0.05, 0) is 78.6 Å². The number of hydrogen-bond acceptors (Lipinski definition) is 5. The fraction of sp³-hybridized carbons (Fsp3) is 0.571. The monoisotopic (exact) mass is 394 g/mol. The van der Waals surface area contributed by atoms with Crippen molar-refractivity contribution in [2.24, 2.45) is 11.3 Å². The highest BCUT2D eigenvalue weighted by atomic mass is 16.2. The molecule has 3 fully saturated rings. The first kappa shape index (κ1) is 18.3. The summed E-state index contributed by atoms with van der Waals surface area (Å²) in [5.41, 5.74) is 2.66. The van der Waals surface area contributed by atoms with Crippen molar-refractivity contribution in [3.63, 3.8) is 0 Å². The van der Waals surface area contributed by atoms with Crippen molar-refractivity contribution in [3.05, 3.63) is 35.7 Å². The molecule has 1 spiro atoms. The Hall–Kier alpha value is -2.77. The number of benzene rings is 1. The number of hydrogen-bond donors (Lipinski definition) is 0. The minimum atomic E-state index is 0.0642. The van der Waals surface area contributed by atoms with Gasteiger partial charge in [-0.3, -0.25) is 9.59 Å². The van der Waals surface area contributed by atoms with E-state index in [0.29, 0.717) is 11.5 Å². The maximum Gasteiger partial charge on any atom is 0.253 e. The summed E-state index contributed by atoms with van der Waals surface area (Å²) in [4.78, 5) is 29.7. The Balaban J connectivity index is 1.22. The summed E-state index contributed by atoms with van der Waals surface area (Å²) >= 11 is 0. The second-order valence-electron chi connectivity index (χ2n) is 8.70. The summed E-state index contributed by atoms with van der Waals surface area (Å²) in [5.74, 6) is 0.612. The van der Waals surface area contributed by atoms with Crippen LogP contribution in [0.15, 0.2) is 24.5 Å². The smallest absolute Gasteiger partial charge is 0.253 e. The highest BCUT2D eigenvalue weighted by Gasteiger charge is 2.59. The van der Waals surface area contributed by atoms with Gasteiger partial charge in [0, 0.05) is 37.7 Å². The number of aryl methyl sites for hydroxylation is 1. The van der Waals surface area contributed by atoms with Crippen molar-refractivity contribution in [1.29, 1.82) is 0 Å². The molecule has 1 saturated carbocycles. The minimum Gasteiger partial charge on any atom is -0.342 e. The molecule has 0 N–H and O–H groups in total. The van der Waals surface area contributed by atoms with Crippen LogP contribution < -0.4 is 0 Å². The van der Waals surface area contributed by atoms with E-state index in [0.717, 1.165) is 69.5 Å². The first-order valence-corrected chi connectivity index (χ1v) is 10.5. The maximum absolute atomic E-state index is 13.0. The lowest BCUT2D eigenvalue weighted by atomic mass is 9.90. The largest absolute Gasteiger partial charge is 0.342 e. The molecule has 5 rings (SSSR count). The van der Waals surface area contributed by atoms with E-state index in [-0.39, 0.29) is 17.2 Å². The molecular formula is C21H26N6O2. The molecule has 3 aliphatic rings. The van der Waals surface area contributed by atoms with Crippen molar-refractivity contribution in [2.75, 3.05) is 26.2 Å². The van der Waals surface area contributed by atoms with E-state index in [4.69, 9.17) is 0 Å². The molecule has 8 nitrogen and oxygen atoms in total. The number of amides is 2. The lowest BCUT2D eigenvalue weighted by Gasteiger charge is -2.33. The molecule has 2 saturated heterocycles. The number of nitrogens with zero attached hydrogens (tertiary/aromatic N) is 6. The maximum atomic E-state index is 13.0. The number of carbonyl (C=O) groups excluding carboxylic acids is 2. The summed E-state index contributed by atoms with van der Waals surface area (Å²) < 4.78 is 1.60. The van der Waals surface area contributed by atoms with Gasteiger partial charge in [-0.25, -0.2) is 4.68 Å². The molecule has 8 heteroatoms. The van der Waals surface area contributed by atoms with Crippen molar-refractivity contribution in [3.8, 4) is 5.69 Å². The summed E-state index contributed by atoms with van der Waals surface area (Å²) in [6.07, 6.45) is 6.70. The second-order valence-corrected chi connectivity index (χ2v) is 8.70. The Morgan fingerprint density at radius 1 is 1.07 bits per heavy atom. The molecule has 1 atom stereocenters. The minimum absolute atomic E-state index is 0.0642. The number of rotatable bonds is 3. The van der Waals surface area contributed by atoms with Gasteiger partial charge in [0.15, 0.2) is 0 Å². The van der Waals surface area contributed by atoms with Crippen LogP contribution in [0.3, 0.4) is 0 Å². The number of piperidine rings is 1. The van der Waals surface area contributed by atoms with Crippen LogP contribution in [-0.4, -0.2) is 68.0 Å². The molecule has 29 heavy (non-hydrogen) atoms. The molecule has 0 bridgehead atoms. The van der Waals surface area contributed by atoms with Gasteiger partial charge in [0.2, 0.25) is 5.91 Å². The quantitative estimate of drug-likeness (QED) is 0.793. The molecule has 2 aliphatic heterocycles. The molecule has 1 aromatic carbocycles. The van der Waals surface area contributed by atoms with Crippen molar-refractivity contribution in [2.45, 2.75) is 39.0 Å². The van der Waals surface area contributed by atoms with E-state index in [1.165, 1.54) is 0 Å². The fourth-order valence-electron chi connectivity index (χ4n) is 5.06. The average molecular weight is 394 g/mol. The normalized spacial score (nSPS) is 22.9. The van der Waals surface area contributed by atoms with Crippen LogP contribution in [0.2, 0.25) is 0 Å².